The van der Waals surface area contributed by atoms with Crippen LogP contribution in [0.15, 0.2) is 12.4 Å². The van der Waals surface area contributed by atoms with Crippen molar-refractivity contribution in [2.75, 3.05) is 11.9 Å². The van der Waals surface area contributed by atoms with Crippen LogP contribution in [-0.2, 0) is 16.1 Å². The predicted molar refractivity (Wildman–Crippen MR) is 70.5 cm³/mol. The molecule has 0 bridgehead atoms. The number of rotatable bonds is 5. The van der Waals surface area contributed by atoms with E-state index in [0.717, 1.165) is 19.4 Å². The van der Waals surface area contributed by atoms with Gasteiger partial charge in [0, 0.05) is 12.8 Å². The molecule has 3 N–H and O–H groups in total. The summed E-state index contributed by atoms with van der Waals surface area (Å²) in [7, 11) is 0. The fraction of sp³-hybridized carbons (Fsp3) is 0.583. The first-order chi connectivity index (χ1) is 9.54. The number of carboxylic acids is 1. The van der Waals surface area contributed by atoms with Gasteiger partial charge in [-0.05, 0) is 19.8 Å². The molecule has 2 unspecified atom stereocenters. The van der Waals surface area contributed by atoms with Crippen LogP contribution in [0.25, 0.3) is 0 Å². The second-order valence-electron chi connectivity index (χ2n) is 4.76. The van der Waals surface area contributed by atoms with E-state index in [2.05, 4.69) is 15.7 Å². The van der Waals surface area contributed by atoms with Crippen LogP contribution in [0.4, 0.5) is 10.5 Å². The van der Waals surface area contributed by atoms with Crippen LogP contribution >= 0.6 is 0 Å². The summed E-state index contributed by atoms with van der Waals surface area (Å²) in [4.78, 5) is 22.3. The van der Waals surface area contributed by atoms with E-state index >= 15 is 0 Å². The number of urea groups is 1. The first-order valence-corrected chi connectivity index (χ1v) is 6.48. The van der Waals surface area contributed by atoms with Crippen molar-refractivity contribution < 1.29 is 19.4 Å². The normalized spacial score (nSPS) is 19.6. The molecular formula is C12H18N4O4. The highest BCUT2D eigenvalue weighted by molar-refractivity contribution is 5.89. The molecular weight excluding hydrogens is 264 g/mol. The molecule has 8 heteroatoms. The predicted octanol–water partition coefficient (Wildman–Crippen LogP) is 0.657. The number of anilines is 1. The second-order valence-corrected chi connectivity index (χ2v) is 4.76. The number of ether oxygens (including phenoxy) is 1. The van der Waals surface area contributed by atoms with Crippen molar-refractivity contribution in [3.8, 4) is 0 Å². The molecule has 0 saturated carbocycles. The molecule has 1 fully saturated rings. The maximum Gasteiger partial charge on any atom is 0.325 e. The van der Waals surface area contributed by atoms with E-state index in [1.165, 1.54) is 17.1 Å². The monoisotopic (exact) mass is 282 g/mol. The molecule has 1 aromatic rings. The molecule has 0 spiro atoms. The Morgan fingerprint density at radius 1 is 1.65 bits per heavy atom. The van der Waals surface area contributed by atoms with Crippen molar-refractivity contribution >= 4 is 17.7 Å². The van der Waals surface area contributed by atoms with Gasteiger partial charge in [0.1, 0.15) is 6.54 Å². The zero-order valence-corrected chi connectivity index (χ0v) is 11.2. The quantitative estimate of drug-likeness (QED) is 0.735. The summed E-state index contributed by atoms with van der Waals surface area (Å²) < 4.78 is 6.73. The molecule has 1 aliphatic rings. The van der Waals surface area contributed by atoms with Gasteiger partial charge in [0.05, 0.1) is 24.0 Å². The van der Waals surface area contributed by atoms with Crippen molar-refractivity contribution in [1.82, 2.24) is 15.1 Å². The van der Waals surface area contributed by atoms with Gasteiger partial charge >= 0.3 is 12.0 Å². The Bertz CT molecular complexity index is 482. The third-order valence-electron chi connectivity index (χ3n) is 3.07. The first kappa shape index (κ1) is 14.3. The summed E-state index contributed by atoms with van der Waals surface area (Å²) in [5.74, 6) is -0.990. The molecule has 0 aromatic carbocycles. The molecule has 0 radical (unpaired) electrons. The molecule has 2 atom stereocenters. The molecule has 110 valence electrons. The average molecular weight is 282 g/mol. The molecule has 2 rings (SSSR count). The van der Waals surface area contributed by atoms with Crippen LogP contribution in [-0.4, -0.2) is 45.6 Å². The summed E-state index contributed by atoms with van der Waals surface area (Å²) in [5, 5.41) is 17.9. The third-order valence-corrected chi connectivity index (χ3v) is 3.07. The highest BCUT2D eigenvalue weighted by Crippen LogP contribution is 2.15. The number of carboxylic acid groups (broad SMARTS) is 1. The van der Waals surface area contributed by atoms with Gasteiger partial charge in [-0.3, -0.25) is 9.48 Å². The Morgan fingerprint density at radius 3 is 3.10 bits per heavy atom. The van der Waals surface area contributed by atoms with E-state index in [9.17, 15) is 9.59 Å². The SMILES string of the molecule is CC(NC(=O)Nc1cnn(CC(=O)O)c1)C1CCCO1. The van der Waals surface area contributed by atoms with Gasteiger partial charge in [0.15, 0.2) is 0 Å². The smallest absolute Gasteiger partial charge is 0.325 e. The molecule has 1 aromatic heterocycles. The standard InChI is InChI=1S/C12H18N4O4/c1-8(10-3-2-4-20-10)14-12(19)15-9-5-13-16(6-9)7-11(17)18/h5-6,8,10H,2-4,7H2,1H3,(H,17,18)(H2,14,15,19). The van der Waals surface area contributed by atoms with Gasteiger partial charge in [0.25, 0.3) is 0 Å². The number of nitrogens with one attached hydrogen (secondary N) is 2. The molecule has 2 heterocycles. The van der Waals surface area contributed by atoms with Gasteiger partial charge < -0.3 is 20.5 Å². The molecule has 8 nitrogen and oxygen atoms in total. The Balaban J connectivity index is 1.81. The van der Waals surface area contributed by atoms with E-state index in [4.69, 9.17) is 9.84 Å². The number of hydrogen-bond acceptors (Lipinski definition) is 4. The maximum atomic E-state index is 11.8. The lowest BCUT2D eigenvalue weighted by molar-refractivity contribution is -0.137. The fourth-order valence-corrected chi connectivity index (χ4v) is 2.12. The van der Waals surface area contributed by atoms with Crippen LogP contribution in [0.5, 0.6) is 0 Å². The zero-order chi connectivity index (χ0) is 14.5. The first-order valence-electron chi connectivity index (χ1n) is 6.48. The average Bonchev–Trinajstić information content (AvgIpc) is 2.99. The topological polar surface area (TPSA) is 105 Å². The lowest BCUT2D eigenvalue weighted by Gasteiger charge is -2.19. The molecule has 2 amide bonds. The third kappa shape index (κ3) is 3.95. The van der Waals surface area contributed by atoms with Crippen LogP contribution in [0.3, 0.4) is 0 Å². The number of carbonyl (C=O) groups is 2. The van der Waals surface area contributed by atoms with E-state index in [1.54, 1.807) is 0 Å². The van der Waals surface area contributed by atoms with E-state index < -0.39 is 5.97 Å². The number of nitrogens with zero attached hydrogens (tertiary/aromatic N) is 2. The largest absolute Gasteiger partial charge is 0.480 e. The van der Waals surface area contributed by atoms with Crippen molar-refractivity contribution in [2.24, 2.45) is 0 Å². The number of carbonyl (C=O) groups excluding carboxylic acids is 1. The summed E-state index contributed by atoms with van der Waals surface area (Å²) in [6.07, 6.45) is 4.87. The minimum Gasteiger partial charge on any atom is -0.480 e. The van der Waals surface area contributed by atoms with E-state index in [0.29, 0.717) is 5.69 Å². The number of aliphatic carboxylic acids is 1. The van der Waals surface area contributed by atoms with Crippen LogP contribution in [0.1, 0.15) is 19.8 Å². The van der Waals surface area contributed by atoms with Crippen molar-refractivity contribution in [3.05, 3.63) is 12.4 Å². The van der Waals surface area contributed by atoms with Crippen LogP contribution < -0.4 is 10.6 Å². The highest BCUT2D eigenvalue weighted by atomic mass is 16.5. The molecule has 20 heavy (non-hydrogen) atoms. The van der Waals surface area contributed by atoms with Crippen molar-refractivity contribution in [1.29, 1.82) is 0 Å². The minimum atomic E-state index is -0.990. The lowest BCUT2D eigenvalue weighted by Crippen LogP contribution is -2.42. The van der Waals surface area contributed by atoms with Crippen LogP contribution in [0.2, 0.25) is 0 Å². The minimum absolute atomic E-state index is 0.0514. The molecule has 0 aliphatic carbocycles. The summed E-state index contributed by atoms with van der Waals surface area (Å²) in [5.41, 5.74) is 0.447. The lowest BCUT2D eigenvalue weighted by atomic mass is 10.1. The van der Waals surface area contributed by atoms with Crippen molar-refractivity contribution in [2.45, 2.75) is 38.5 Å². The summed E-state index contributed by atoms with van der Waals surface area (Å²) >= 11 is 0. The maximum absolute atomic E-state index is 11.8. The van der Waals surface area contributed by atoms with Gasteiger partial charge in [-0.15, -0.1) is 0 Å². The van der Waals surface area contributed by atoms with Gasteiger partial charge in [-0.1, -0.05) is 0 Å². The second kappa shape index (κ2) is 6.38. The summed E-state index contributed by atoms with van der Waals surface area (Å²) in [6, 6.07) is -0.436. The van der Waals surface area contributed by atoms with Gasteiger partial charge in [0.2, 0.25) is 0 Å². The Morgan fingerprint density at radius 2 is 2.45 bits per heavy atom. The van der Waals surface area contributed by atoms with E-state index in [1.807, 2.05) is 6.92 Å². The van der Waals surface area contributed by atoms with Gasteiger partial charge in [-0.2, -0.15) is 5.10 Å². The number of aromatic nitrogens is 2. The van der Waals surface area contributed by atoms with Crippen molar-refractivity contribution in [3.63, 3.8) is 0 Å². The Kier molecular flexibility index (Phi) is 4.57. The number of amides is 2. The zero-order valence-electron chi connectivity index (χ0n) is 11.2. The summed E-state index contributed by atoms with van der Waals surface area (Å²) in [6.45, 7) is 2.39. The van der Waals surface area contributed by atoms with Crippen LogP contribution in [0, 0.1) is 0 Å². The molecule has 1 aliphatic heterocycles. The Hall–Kier alpha value is -2.09. The number of hydrogen-bond donors (Lipinski definition) is 3. The van der Waals surface area contributed by atoms with E-state index in [-0.39, 0.29) is 24.7 Å². The Labute approximate surface area is 116 Å². The van der Waals surface area contributed by atoms with Gasteiger partial charge in [-0.25, -0.2) is 4.79 Å². The highest BCUT2D eigenvalue weighted by Gasteiger charge is 2.23. The fourth-order valence-electron chi connectivity index (χ4n) is 2.12. The molecule has 1 saturated heterocycles.